The van der Waals surface area contributed by atoms with E-state index in [1.807, 2.05) is 6.07 Å². The zero-order valence-corrected chi connectivity index (χ0v) is 8.43. The Morgan fingerprint density at radius 2 is 2.23 bits per heavy atom. The summed E-state index contributed by atoms with van der Waals surface area (Å²) in [5.74, 6) is 0.933. The average molecular weight is 200 g/mol. The topological polar surface area (TPSA) is 35.2 Å². The van der Waals surface area contributed by atoms with Crippen molar-refractivity contribution in [3.63, 3.8) is 0 Å². The summed E-state index contributed by atoms with van der Waals surface area (Å²) in [5.41, 5.74) is 8.53. The van der Waals surface area contributed by atoms with Crippen LogP contribution in [0.3, 0.4) is 0 Å². The Kier molecular flexibility index (Phi) is 3.17. The van der Waals surface area contributed by atoms with E-state index in [4.69, 9.17) is 10.5 Å². The van der Waals surface area contributed by atoms with Crippen LogP contribution in [0, 0.1) is 0 Å². The fourth-order valence-corrected chi connectivity index (χ4v) is 1.75. The number of hydrogen-bond acceptors (Lipinski definition) is 2. The van der Waals surface area contributed by atoms with Crippen LogP contribution in [-0.2, 0) is 6.42 Å². The van der Waals surface area contributed by atoms with Gasteiger partial charge in [0, 0.05) is 6.04 Å². The van der Waals surface area contributed by atoms with Gasteiger partial charge in [-0.15, -0.1) is 12.4 Å². The molecule has 0 heterocycles. The minimum Gasteiger partial charge on any atom is -0.497 e. The van der Waals surface area contributed by atoms with Crippen LogP contribution < -0.4 is 10.5 Å². The predicted octanol–water partition coefficient (Wildman–Crippen LogP) is 2.06. The molecule has 1 aliphatic rings. The summed E-state index contributed by atoms with van der Waals surface area (Å²) >= 11 is 0. The van der Waals surface area contributed by atoms with Gasteiger partial charge in [0.15, 0.2) is 0 Å². The molecule has 1 aromatic carbocycles. The van der Waals surface area contributed by atoms with Gasteiger partial charge < -0.3 is 10.5 Å². The first-order chi connectivity index (χ1) is 5.81. The highest BCUT2D eigenvalue weighted by Gasteiger charge is 2.18. The van der Waals surface area contributed by atoms with Crippen LogP contribution in [0.25, 0.3) is 0 Å². The number of fused-ring (bicyclic) bond motifs is 1. The Morgan fingerprint density at radius 1 is 1.46 bits per heavy atom. The Balaban J connectivity index is 0.000000845. The van der Waals surface area contributed by atoms with Crippen molar-refractivity contribution in [3.05, 3.63) is 29.3 Å². The molecule has 0 fully saturated rings. The molecule has 2 nitrogen and oxygen atoms in total. The Bertz CT molecular complexity index is 301. The maximum Gasteiger partial charge on any atom is 0.119 e. The molecule has 1 aromatic rings. The molecule has 2 N–H and O–H groups in total. The molecule has 13 heavy (non-hydrogen) atoms. The van der Waals surface area contributed by atoms with E-state index < -0.39 is 0 Å². The molecule has 0 saturated carbocycles. The molecular formula is C10H14ClNO. The molecule has 0 spiro atoms. The van der Waals surface area contributed by atoms with Gasteiger partial charge in [0.1, 0.15) is 5.75 Å². The number of rotatable bonds is 1. The van der Waals surface area contributed by atoms with Crippen LogP contribution in [0.5, 0.6) is 5.75 Å². The third-order valence-electron chi connectivity index (χ3n) is 2.47. The lowest BCUT2D eigenvalue weighted by atomic mass is 10.1. The van der Waals surface area contributed by atoms with Crippen LogP contribution in [0.4, 0.5) is 0 Å². The van der Waals surface area contributed by atoms with E-state index in [0.717, 1.165) is 18.6 Å². The molecule has 3 heteroatoms. The highest BCUT2D eigenvalue weighted by Crippen LogP contribution is 2.31. The molecular weight excluding hydrogens is 186 g/mol. The summed E-state index contributed by atoms with van der Waals surface area (Å²) in [4.78, 5) is 0. The number of ether oxygens (including phenoxy) is 1. The summed E-state index contributed by atoms with van der Waals surface area (Å²) in [6.45, 7) is 0. The predicted molar refractivity (Wildman–Crippen MR) is 55.5 cm³/mol. The van der Waals surface area contributed by atoms with Gasteiger partial charge in [0.25, 0.3) is 0 Å². The van der Waals surface area contributed by atoms with Crippen molar-refractivity contribution in [2.24, 2.45) is 5.73 Å². The summed E-state index contributed by atoms with van der Waals surface area (Å²) in [7, 11) is 1.69. The van der Waals surface area contributed by atoms with Crippen LogP contribution in [0.15, 0.2) is 18.2 Å². The van der Waals surface area contributed by atoms with Crippen LogP contribution in [-0.4, -0.2) is 7.11 Å². The van der Waals surface area contributed by atoms with Gasteiger partial charge in [-0.25, -0.2) is 0 Å². The second-order valence-corrected chi connectivity index (χ2v) is 3.21. The van der Waals surface area contributed by atoms with Crippen molar-refractivity contribution in [2.75, 3.05) is 7.11 Å². The largest absolute Gasteiger partial charge is 0.497 e. The second-order valence-electron chi connectivity index (χ2n) is 3.21. The lowest BCUT2D eigenvalue weighted by molar-refractivity contribution is 0.414. The van der Waals surface area contributed by atoms with Gasteiger partial charge in [-0.3, -0.25) is 0 Å². The molecule has 72 valence electrons. The number of halogens is 1. The first-order valence-corrected chi connectivity index (χ1v) is 4.23. The van der Waals surface area contributed by atoms with Crippen LogP contribution in [0.2, 0.25) is 0 Å². The first-order valence-electron chi connectivity index (χ1n) is 4.23. The minimum absolute atomic E-state index is 0. The zero-order chi connectivity index (χ0) is 8.55. The van der Waals surface area contributed by atoms with Gasteiger partial charge in [-0.2, -0.15) is 0 Å². The minimum atomic E-state index is 0. The van der Waals surface area contributed by atoms with Crippen LogP contribution in [0.1, 0.15) is 23.6 Å². The number of benzene rings is 1. The van der Waals surface area contributed by atoms with Crippen molar-refractivity contribution in [1.29, 1.82) is 0 Å². The quantitative estimate of drug-likeness (QED) is 0.752. The third-order valence-corrected chi connectivity index (χ3v) is 2.47. The molecule has 0 amide bonds. The van der Waals surface area contributed by atoms with Crippen molar-refractivity contribution in [3.8, 4) is 5.75 Å². The highest BCUT2D eigenvalue weighted by molar-refractivity contribution is 5.85. The number of aryl methyl sites for hydroxylation is 1. The van der Waals surface area contributed by atoms with E-state index in [9.17, 15) is 0 Å². The lowest BCUT2D eigenvalue weighted by Gasteiger charge is -2.05. The molecule has 1 atom stereocenters. The van der Waals surface area contributed by atoms with Gasteiger partial charge in [0.05, 0.1) is 7.11 Å². The van der Waals surface area contributed by atoms with Crippen LogP contribution >= 0.6 is 12.4 Å². The van der Waals surface area contributed by atoms with Crippen molar-refractivity contribution >= 4 is 12.4 Å². The molecule has 0 saturated heterocycles. The van der Waals surface area contributed by atoms with E-state index >= 15 is 0 Å². The maximum atomic E-state index is 5.90. The first kappa shape index (κ1) is 10.4. The molecule has 0 aliphatic heterocycles. The smallest absolute Gasteiger partial charge is 0.119 e. The second kappa shape index (κ2) is 3.99. The Morgan fingerprint density at radius 3 is 2.92 bits per heavy atom. The fraction of sp³-hybridized carbons (Fsp3) is 0.400. The van der Waals surface area contributed by atoms with E-state index in [1.54, 1.807) is 7.11 Å². The van der Waals surface area contributed by atoms with Gasteiger partial charge in [0.2, 0.25) is 0 Å². The molecule has 0 radical (unpaired) electrons. The molecule has 2 rings (SSSR count). The van der Waals surface area contributed by atoms with E-state index in [-0.39, 0.29) is 18.4 Å². The number of methoxy groups -OCH3 is 1. The summed E-state index contributed by atoms with van der Waals surface area (Å²) < 4.78 is 5.13. The maximum absolute atomic E-state index is 5.90. The van der Waals surface area contributed by atoms with E-state index in [1.165, 1.54) is 11.1 Å². The average Bonchev–Trinajstić information content (AvgIpc) is 2.47. The van der Waals surface area contributed by atoms with Crippen molar-refractivity contribution in [2.45, 2.75) is 18.9 Å². The highest BCUT2D eigenvalue weighted by atomic mass is 35.5. The molecule has 0 aromatic heterocycles. The Hall–Kier alpha value is -0.730. The molecule has 0 unspecified atom stereocenters. The van der Waals surface area contributed by atoms with Crippen molar-refractivity contribution < 1.29 is 4.74 Å². The SMILES string of the molecule is COc1ccc2c(c1)CC[C@@H]2N.Cl. The van der Waals surface area contributed by atoms with E-state index in [0.29, 0.717) is 0 Å². The van der Waals surface area contributed by atoms with Gasteiger partial charge >= 0.3 is 0 Å². The monoisotopic (exact) mass is 199 g/mol. The van der Waals surface area contributed by atoms with Crippen molar-refractivity contribution in [1.82, 2.24) is 0 Å². The standard InChI is InChI=1S/C10H13NO.ClH/c1-12-8-3-4-9-7(6-8)2-5-10(9)11;/h3-4,6,10H,2,5,11H2,1H3;1H/t10-;/m0./s1. The van der Waals surface area contributed by atoms with E-state index in [2.05, 4.69) is 12.1 Å². The summed E-state index contributed by atoms with van der Waals surface area (Å²) in [5, 5.41) is 0. The molecule has 0 bridgehead atoms. The third kappa shape index (κ3) is 1.79. The Labute approximate surface area is 84.5 Å². The number of nitrogens with two attached hydrogens (primary N) is 1. The summed E-state index contributed by atoms with van der Waals surface area (Å²) in [6, 6.07) is 6.38. The van der Waals surface area contributed by atoms with Gasteiger partial charge in [-0.05, 0) is 36.1 Å². The molecule has 1 aliphatic carbocycles. The normalized spacial score (nSPS) is 19.1. The lowest BCUT2D eigenvalue weighted by Crippen LogP contribution is -2.04. The van der Waals surface area contributed by atoms with Gasteiger partial charge in [-0.1, -0.05) is 6.07 Å². The zero-order valence-electron chi connectivity index (χ0n) is 7.62. The summed E-state index contributed by atoms with van der Waals surface area (Å²) in [6.07, 6.45) is 2.16. The number of hydrogen-bond donors (Lipinski definition) is 1. The fourth-order valence-electron chi connectivity index (χ4n) is 1.75.